The number of nitrogens with two attached hydrogens (primary N) is 1. The van der Waals surface area contributed by atoms with Gasteiger partial charge in [-0.2, -0.15) is 0 Å². The normalized spacial score (nSPS) is 12.1. The molecule has 0 aliphatic carbocycles. The van der Waals surface area contributed by atoms with Crippen molar-refractivity contribution in [2.45, 2.75) is 26.8 Å². The fourth-order valence-corrected chi connectivity index (χ4v) is 1.49. The highest BCUT2D eigenvalue weighted by Gasteiger charge is 2.13. The number of anilines is 1. The molecule has 0 bridgehead atoms. The molecule has 4 heteroatoms. The second kappa shape index (κ2) is 4.99. The number of rotatable bonds is 3. The third-order valence-electron chi connectivity index (χ3n) is 2.33. The summed E-state index contributed by atoms with van der Waals surface area (Å²) in [7, 11) is 1.58. The average Bonchev–Trinajstić information content (AvgIpc) is 2.21. The van der Waals surface area contributed by atoms with Crippen LogP contribution in [-0.4, -0.2) is 19.1 Å². The summed E-state index contributed by atoms with van der Waals surface area (Å²) in [4.78, 5) is 11.5. The Kier molecular flexibility index (Phi) is 3.90. The number of benzene rings is 1. The standard InChI is InChI=1S/C12H18N2O2/c1-7-5-8(2)11(10(6-7)16-4)14-12(15)9(3)13/h5-6,9H,13H2,1-4H3,(H,14,15). The lowest BCUT2D eigenvalue weighted by Gasteiger charge is -2.15. The van der Waals surface area contributed by atoms with Gasteiger partial charge in [0.05, 0.1) is 18.8 Å². The van der Waals surface area contributed by atoms with Crippen molar-refractivity contribution in [3.63, 3.8) is 0 Å². The van der Waals surface area contributed by atoms with E-state index in [0.717, 1.165) is 11.1 Å². The summed E-state index contributed by atoms with van der Waals surface area (Å²) in [6.45, 7) is 5.55. The number of nitrogens with one attached hydrogen (secondary N) is 1. The summed E-state index contributed by atoms with van der Waals surface area (Å²) in [5.74, 6) is 0.441. The van der Waals surface area contributed by atoms with Gasteiger partial charge in [0.2, 0.25) is 5.91 Å². The number of methoxy groups -OCH3 is 1. The lowest BCUT2D eigenvalue weighted by atomic mass is 10.1. The van der Waals surface area contributed by atoms with E-state index in [9.17, 15) is 4.79 Å². The van der Waals surface area contributed by atoms with E-state index in [1.54, 1.807) is 14.0 Å². The first-order valence-corrected chi connectivity index (χ1v) is 5.17. The topological polar surface area (TPSA) is 64.3 Å². The van der Waals surface area contributed by atoms with Crippen LogP contribution in [0.4, 0.5) is 5.69 Å². The number of carbonyl (C=O) groups excluding carboxylic acids is 1. The summed E-state index contributed by atoms with van der Waals surface area (Å²) >= 11 is 0. The molecule has 1 aromatic carbocycles. The maximum absolute atomic E-state index is 11.5. The van der Waals surface area contributed by atoms with Crippen LogP contribution in [0.3, 0.4) is 0 Å². The SMILES string of the molecule is COc1cc(C)cc(C)c1NC(=O)C(C)N. The predicted octanol–water partition coefficient (Wildman–Crippen LogP) is 1.60. The molecule has 0 radical (unpaired) electrons. The maximum Gasteiger partial charge on any atom is 0.241 e. The Balaban J connectivity index is 3.07. The molecule has 0 saturated carbocycles. The Morgan fingerprint density at radius 1 is 1.44 bits per heavy atom. The van der Waals surface area contributed by atoms with Gasteiger partial charge in [-0.1, -0.05) is 6.07 Å². The van der Waals surface area contributed by atoms with E-state index in [-0.39, 0.29) is 5.91 Å². The van der Waals surface area contributed by atoms with Crippen molar-refractivity contribution in [3.05, 3.63) is 23.3 Å². The van der Waals surface area contributed by atoms with Crippen LogP contribution < -0.4 is 15.8 Å². The Hall–Kier alpha value is -1.55. The van der Waals surface area contributed by atoms with Crippen LogP contribution in [0.5, 0.6) is 5.75 Å². The van der Waals surface area contributed by atoms with Gasteiger partial charge in [0.25, 0.3) is 0 Å². The zero-order valence-electron chi connectivity index (χ0n) is 10.1. The van der Waals surface area contributed by atoms with E-state index in [4.69, 9.17) is 10.5 Å². The first-order valence-electron chi connectivity index (χ1n) is 5.17. The molecule has 0 heterocycles. The van der Waals surface area contributed by atoms with Crippen LogP contribution in [-0.2, 0) is 4.79 Å². The van der Waals surface area contributed by atoms with Crippen molar-refractivity contribution >= 4 is 11.6 Å². The Morgan fingerprint density at radius 2 is 2.06 bits per heavy atom. The molecule has 16 heavy (non-hydrogen) atoms. The summed E-state index contributed by atoms with van der Waals surface area (Å²) in [5, 5.41) is 2.77. The quantitative estimate of drug-likeness (QED) is 0.816. The van der Waals surface area contributed by atoms with Crippen molar-refractivity contribution in [1.82, 2.24) is 0 Å². The number of carbonyl (C=O) groups is 1. The van der Waals surface area contributed by atoms with Crippen LogP contribution in [0.15, 0.2) is 12.1 Å². The number of hydrogen-bond acceptors (Lipinski definition) is 3. The van der Waals surface area contributed by atoms with Crippen LogP contribution in [0.25, 0.3) is 0 Å². The van der Waals surface area contributed by atoms with Crippen LogP contribution >= 0.6 is 0 Å². The van der Waals surface area contributed by atoms with Gasteiger partial charge in [-0.15, -0.1) is 0 Å². The third-order valence-corrected chi connectivity index (χ3v) is 2.33. The van der Waals surface area contributed by atoms with Gasteiger partial charge in [0.1, 0.15) is 5.75 Å². The van der Waals surface area contributed by atoms with Gasteiger partial charge in [-0.25, -0.2) is 0 Å². The van der Waals surface area contributed by atoms with Crippen LogP contribution in [0.1, 0.15) is 18.1 Å². The maximum atomic E-state index is 11.5. The van der Waals surface area contributed by atoms with Gasteiger partial charge in [-0.05, 0) is 38.0 Å². The van der Waals surface area contributed by atoms with Gasteiger partial charge in [-0.3, -0.25) is 4.79 Å². The predicted molar refractivity (Wildman–Crippen MR) is 64.7 cm³/mol. The van der Waals surface area contributed by atoms with Gasteiger partial charge < -0.3 is 15.8 Å². The highest BCUT2D eigenvalue weighted by atomic mass is 16.5. The molecule has 4 nitrogen and oxygen atoms in total. The summed E-state index contributed by atoms with van der Waals surface area (Å²) < 4.78 is 5.23. The first kappa shape index (κ1) is 12.5. The molecule has 0 aliphatic rings. The molecule has 0 spiro atoms. The monoisotopic (exact) mass is 222 g/mol. The minimum absolute atomic E-state index is 0.217. The Bertz CT molecular complexity index is 400. The highest BCUT2D eigenvalue weighted by Crippen LogP contribution is 2.29. The third kappa shape index (κ3) is 2.73. The van der Waals surface area contributed by atoms with Crippen molar-refractivity contribution < 1.29 is 9.53 Å². The van der Waals surface area contributed by atoms with Gasteiger partial charge in [0.15, 0.2) is 0 Å². The van der Waals surface area contributed by atoms with E-state index in [2.05, 4.69) is 5.32 Å². The molecule has 1 unspecified atom stereocenters. The molecule has 3 N–H and O–H groups in total. The van der Waals surface area contributed by atoms with E-state index in [0.29, 0.717) is 11.4 Å². The van der Waals surface area contributed by atoms with Crippen LogP contribution in [0, 0.1) is 13.8 Å². The number of ether oxygens (including phenoxy) is 1. The molecule has 1 aromatic rings. The molecule has 0 fully saturated rings. The van der Waals surface area contributed by atoms with Crippen molar-refractivity contribution in [1.29, 1.82) is 0 Å². The van der Waals surface area contributed by atoms with Crippen LogP contribution in [0.2, 0.25) is 0 Å². The molecule has 0 saturated heterocycles. The van der Waals surface area contributed by atoms with E-state index < -0.39 is 6.04 Å². The zero-order valence-corrected chi connectivity index (χ0v) is 10.1. The summed E-state index contributed by atoms with van der Waals surface area (Å²) in [5.41, 5.74) is 8.25. The van der Waals surface area contributed by atoms with E-state index in [1.807, 2.05) is 26.0 Å². The van der Waals surface area contributed by atoms with E-state index in [1.165, 1.54) is 0 Å². The number of aryl methyl sites for hydroxylation is 2. The van der Waals surface area contributed by atoms with E-state index >= 15 is 0 Å². The zero-order chi connectivity index (χ0) is 12.3. The van der Waals surface area contributed by atoms with Crippen molar-refractivity contribution in [2.75, 3.05) is 12.4 Å². The molecular weight excluding hydrogens is 204 g/mol. The average molecular weight is 222 g/mol. The Labute approximate surface area is 95.8 Å². The second-order valence-electron chi connectivity index (χ2n) is 3.94. The minimum atomic E-state index is -0.537. The molecule has 88 valence electrons. The van der Waals surface area contributed by atoms with Crippen molar-refractivity contribution in [3.8, 4) is 5.75 Å². The fraction of sp³-hybridized carbons (Fsp3) is 0.417. The summed E-state index contributed by atoms with van der Waals surface area (Å²) in [6.07, 6.45) is 0. The molecule has 0 aromatic heterocycles. The first-order chi connectivity index (χ1) is 7.45. The minimum Gasteiger partial charge on any atom is -0.495 e. The molecule has 1 atom stereocenters. The fourth-order valence-electron chi connectivity index (χ4n) is 1.49. The Morgan fingerprint density at radius 3 is 2.56 bits per heavy atom. The molecule has 1 amide bonds. The van der Waals surface area contributed by atoms with Gasteiger partial charge >= 0.3 is 0 Å². The smallest absolute Gasteiger partial charge is 0.241 e. The lowest BCUT2D eigenvalue weighted by molar-refractivity contribution is -0.117. The molecular formula is C12H18N2O2. The molecule has 0 aliphatic heterocycles. The number of hydrogen-bond donors (Lipinski definition) is 2. The summed E-state index contributed by atoms with van der Waals surface area (Å²) in [6, 6.07) is 3.33. The van der Waals surface area contributed by atoms with Crippen molar-refractivity contribution in [2.24, 2.45) is 5.73 Å². The molecule has 1 rings (SSSR count). The van der Waals surface area contributed by atoms with Gasteiger partial charge in [0, 0.05) is 0 Å². The highest BCUT2D eigenvalue weighted by molar-refractivity contribution is 5.96. The lowest BCUT2D eigenvalue weighted by Crippen LogP contribution is -2.32. The number of amides is 1. The largest absolute Gasteiger partial charge is 0.495 e. The second-order valence-corrected chi connectivity index (χ2v) is 3.94.